The van der Waals surface area contributed by atoms with Crippen molar-refractivity contribution in [3.05, 3.63) is 52.7 Å². The van der Waals surface area contributed by atoms with Crippen molar-refractivity contribution in [2.45, 2.75) is 4.90 Å². The second-order valence-electron chi connectivity index (χ2n) is 3.18. The van der Waals surface area contributed by atoms with Gasteiger partial charge in [0.05, 0.1) is 11.1 Å². The quantitative estimate of drug-likeness (QED) is 0.680. The van der Waals surface area contributed by atoms with Crippen molar-refractivity contribution in [2.75, 3.05) is 0 Å². The van der Waals surface area contributed by atoms with Gasteiger partial charge in [-0.2, -0.15) is 13.5 Å². The third kappa shape index (κ3) is 3.15. The van der Waals surface area contributed by atoms with Gasteiger partial charge in [0.15, 0.2) is 0 Å². The summed E-state index contributed by atoms with van der Waals surface area (Å²) < 4.78 is 23.5. The highest BCUT2D eigenvalue weighted by atomic mass is 32.2. The van der Waals surface area contributed by atoms with Gasteiger partial charge in [-0.3, -0.25) is 0 Å². The summed E-state index contributed by atoms with van der Waals surface area (Å²) in [6.07, 6.45) is 1.48. The average molecular weight is 266 g/mol. The van der Waals surface area contributed by atoms with E-state index in [1.165, 1.54) is 29.7 Å². The Morgan fingerprint density at radius 1 is 1.12 bits per heavy atom. The fourth-order valence-electron chi connectivity index (χ4n) is 1.18. The molecule has 0 fully saturated rings. The first kappa shape index (κ1) is 11.8. The molecule has 0 saturated carbocycles. The molecule has 0 aliphatic carbocycles. The molecule has 6 heteroatoms. The first-order valence-electron chi connectivity index (χ1n) is 4.82. The van der Waals surface area contributed by atoms with E-state index >= 15 is 0 Å². The molecule has 0 spiro atoms. The number of hydrogen-bond donors (Lipinski definition) is 1. The Bertz CT molecular complexity index is 590. The number of rotatable bonds is 4. The summed E-state index contributed by atoms with van der Waals surface area (Å²) in [6.45, 7) is 0. The van der Waals surface area contributed by atoms with Gasteiger partial charge >= 0.3 is 0 Å². The Balaban J connectivity index is 2.09. The predicted octanol–water partition coefficient (Wildman–Crippen LogP) is 2.06. The summed E-state index contributed by atoms with van der Waals surface area (Å²) in [7, 11) is -3.56. The molecule has 1 aromatic carbocycles. The Hall–Kier alpha value is -1.66. The Morgan fingerprint density at radius 3 is 2.53 bits per heavy atom. The minimum atomic E-state index is -3.56. The van der Waals surface area contributed by atoms with Crippen LogP contribution >= 0.6 is 11.3 Å². The van der Waals surface area contributed by atoms with E-state index in [0.29, 0.717) is 0 Å². The molecule has 0 aliphatic heterocycles. The van der Waals surface area contributed by atoms with E-state index in [9.17, 15) is 8.42 Å². The van der Waals surface area contributed by atoms with Crippen LogP contribution in [-0.4, -0.2) is 14.6 Å². The van der Waals surface area contributed by atoms with Crippen LogP contribution in [0.4, 0.5) is 0 Å². The lowest BCUT2D eigenvalue weighted by atomic mass is 10.4. The van der Waals surface area contributed by atoms with Gasteiger partial charge in [0, 0.05) is 4.88 Å². The number of thiophene rings is 1. The van der Waals surface area contributed by atoms with Crippen LogP contribution in [0.5, 0.6) is 0 Å². The fraction of sp³-hybridized carbons (Fsp3) is 0. The largest absolute Gasteiger partial charge is 0.276 e. The maximum Gasteiger partial charge on any atom is 0.276 e. The van der Waals surface area contributed by atoms with Gasteiger partial charge in [-0.15, -0.1) is 11.3 Å². The molecule has 88 valence electrons. The zero-order valence-electron chi connectivity index (χ0n) is 8.78. The van der Waals surface area contributed by atoms with Crippen LogP contribution in [-0.2, 0) is 10.0 Å². The smallest absolute Gasteiger partial charge is 0.200 e. The highest BCUT2D eigenvalue weighted by Gasteiger charge is 2.10. The van der Waals surface area contributed by atoms with Gasteiger partial charge in [-0.25, -0.2) is 4.83 Å². The molecule has 0 saturated heterocycles. The molecule has 1 N–H and O–H groups in total. The number of benzene rings is 1. The highest BCUT2D eigenvalue weighted by Crippen LogP contribution is 2.07. The van der Waals surface area contributed by atoms with Gasteiger partial charge < -0.3 is 0 Å². The van der Waals surface area contributed by atoms with Gasteiger partial charge in [0.25, 0.3) is 10.0 Å². The lowest BCUT2D eigenvalue weighted by Gasteiger charge is -2.01. The second-order valence-corrected chi connectivity index (χ2v) is 5.82. The minimum Gasteiger partial charge on any atom is -0.200 e. The second kappa shape index (κ2) is 5.11. The van der Waals surface area contributed by atoms with Crippen LogP contribution < -0.4 is 4.83 Å². The summed E-state index contributed by atoms with van der Waals surface area (Å²) in [5.41, 5.74) is 0. The maximum absolute atomic E-state index is 11.7. The van der Waals surface area contributed by atoms with Crippen LogP contribution in [0.3, 0.4) is 0 Å². The van der Waals surface area contributed by atoms with Crippen molar-refractivity contribution in [2.24, 2.45) is 5.10 Å². The van der Waals surface area contributed by atoms with E-state index in [1.807, 2.05) is 17.5 Å². The molecule has 4 nitrogen and oxygen atoms in total. The molecule has 0 amide bonds. The van der Waals surface area contributed by atoms with Crippen molar-refractivity contribution >= 4 is 27.6 Å². The molecule has 1 aromatic heterocycles. The summed E-state index contributed by atoms with van der Waals surface area (Å²) in [4.78, 5) is 3.25. The summed E-state index contributed by atoms with van der Waals surface area (Å²) in [5, 5.41) is 5.61. The first-order valence-corrected chi connectivity index (χ1v) is 7.18. The van der Waals surface area contributed by atoms with Crippen molar-refractivity contribution in [3.63, 3.8) is 0 Å². The molecule has 0 aliphatic rings. The summed E-state index contributed by atoms with van der Waals surface area (Å²) in [6, 6.07) is 11.8. The molecule has 1 heterocycles. The van der Waals surface area contributed by atoms with Gasteiger partial charge in [0.2, 0.25) is 0 Å². The highest BCUT2D eigenvalue weighted by molar-refractivity contribution is 7.89. The van der Waals surface area contributed by atoms with E-state index < -0.39 is 10.0 Å². The number of hydrazone groups is 1. The third-order valence-electron chi connectivity index (χ3n) is 1.96. The van der Waals surface area contributed by atoms with Crippen LogP contribution in [0, 0.1) is 0 Å². The Morgan fingerprint density at radius 2 is 1.88 bits per heavy atom. The Kier molecular flexibility index (Phi) is 3.55. The third-order valence-corrected chi connectivity index (χ3v) is 4.01. The molecular weight excluding hydrogens is 256 g/mol. The molecular formula is C11H10N2O2S2. The lowest BCUT2D eigenvalue weighted by molar-refractivity contribution is 0.584. The van der Waals surface area contributed by atoms with E-state index in [1.54, 1.807) is 18.2 Å². The predicted molar refractivity (Wildman–Crippen MR) is 68.7 cm³/mol. The van der Waals surface area contributed by atoms with Crippen molar-refractivity contribution in [1.29, 1.82) is 0 Å². The molecule has 0 bridgehead atoms. The molecule has 0 atom stereocenters. The van der Waals surface area contributed by atoms with Crippen LogP contribution in [0.2, 0.25) is 0 Å². The topological polar surface area (TPSA) is 58.5 Å². The zero-order valence-corrected chi connectivity index (χ0v) is 10.4. The summed E-state index contributed by atoms with van der Waals surface area (Å²) >= 11 is 1.49. The van der Waals surface area contributed by atoms with E-state index in [2.05, 4.69) is 9.93 Å². The van der Waals surface area contributed by atoms with Gasteiger partial charge in [-0.1, -0.05) is 24.3 Å². The number of nitrogens with zero attached hydrogens (tertiary/aromatic N) is 1. The fourth-order valence-corrected chi connectivity index (χ4v) is 2.57. The van der Waals surface area contributed by atoms with Crippen LogP contribution in [0.1, 0.15) is 4.88 Å². The number of sulfonamides is 1. The molecule has 17 heavy (non-hydrogen) atoms. The standard InChI is InChI=1S/C11H10N2O2S2/c14-17(15,11-6-2-1-3-7-11)13-12-9-10-5-4-8-16-10/h1-9,13H. The SMILES string of the molecule is O=S(=O)(NN=Cc1cccs1)c1ccccc1. The monoisotopic (exact) mass is 266 g/mol. The molecule has 0 radical (unpaired) electrons. The molecule has 0 unspecified atom stereocenters. The van der Waals surface area contributed by atoms with Gasteiger partial charge in [0.1, 0.15) is 0 Å². The van der Waals surface area contributed by atoms with Crippen LogP contribution in [0.15, 0.2) is 57.8 Å². The van der Waals surface area contributed by atoms with Gasteiger partial charge in [-0.05, 0) is 23.6 Å². The van der Waals surface area contributed by atoms with E-state index in [-0.39, 0.29) is 4.90 Å². The zero-order chi connectivity index (χ0) is 12.1. The average Bonchev–Trinajstić information content (AvgIpc) is 2.83. The van der Waals surface area contributed by atoms with Crippen molar-refractivity contribution < 1.29 is 8.42 Å². The van der Waals surface area contributed by atoms with Crippen molar-refractivity contribution in [1.82, 2.24) is 4.83 Å². The maximum atomic E-state index is 11.7. The molecule has 2 aromatic rings. The van der Waals surface area contributed by atoms with Crippen LogP contribution in [0.25, 0.3) is 0 Å². The van der Waals surface area contributed by atoms with E-state index in [4.69, 9.17) is 0 Å². The normalized spacial score (nSPS) is 11.8. The van der Waals surface area contributed by atoms with Crippen molar-refractivity contribution in [3.8, 4) is 0 Å². The minimum absolute atomic E-state index is 0.198. The van der Waals surface area contributed by atoms with E-state index in [0.717, 1.165) is 4.88 Å². The summed E-state index contributed by atoms with van der Waals surface area (Å²) in [5.74, 6) is 0. The first-order chi connectivity index (χ1) is 8.18. The lowest BCUT2D eigenvalue weighted by Crippen LogP contribution is -2.18. The Labute approximate surface area is 104 Å². The number of hydrogen-bond acceptors (Lipinski definition) is 4. The molecule has 2 rings (SSSR count). The number of nitrogens with one attached hydrogen (secondary N) is 1.